The Morgan fingerprint density at radius 3 is 2.41 bits per heavy atom. The molecule has 17 heavy (non-hydrogen) atoms. The van der Waals surface area contributed by atoms with E-state index in [1.54, 1.807) is 18.7 Å². The van der Waals surface area contributed by atoms with Gasteiger partial charge >= 0.3 is 0 Å². The van der Waals surface area contributed by atoms with Crippen molar-refractivity contribution in [3.05, 3.63) is 11.5 Å². The zero-order valence-corrected chi connectivity index (χ0v) is 10.2. The minimum absolute atomic E-state index is 0.0749. The van der Waals surface area contributed by atoms with Gasteiger partial charge in [0, 0.05) is 24.9 Å². The van der Waals surface area contributed by atoms with E-state index in [0.29, 0.717) is 26.3 Å². The number of carbonyl (C=O) groups is 2. The summed E-state index contributed by atoms with van der Waals surface area (Å²) in [6.45, 7) is 5.57. The molecule has 0 aromatic carbocycles. The number of rotatable bonds is 1. The standard InChI is InChI=1S/C12H17NO4/c1-12(2)7-8(14)10(15)9(11(12)16)13-3-5-17-6-4-13/h15H,3-7H2,1-2H3. The highest BCUT2D eigenvalue weighted by Gasteiger charge is 2.43. The molecular formula is C12H17NO4. The predicted octanol–water partition coefficient (Wildman–Crippen LogP) is 0.656. The normalized spacial score (nSPS) is 25.4. The highest BCUT2D eigenvalue weighted by Crippen LogP contribution is 2.34. The smallest absolute Gasteiger partial charge is 0.200 e. The van der Waals surface area contributed by atoms with Crippen molar-refractivity contribution in [2.75, 3.05) is 26.3 Å². The van der Waals surface area contributed by atoms with Gasteiger partial charge in [-0.1, -0.05) is 13.8 Å². The molecule has 0 bridgehead atoms. The van der Waals surface area contributed by atoms with Crippen molar-refractivity contribution in [1.29, 1.82) is 0 Å². The summed E-state index contributed by atoms with van der Waals surface area (Å²) in [5.41, 5.74) is -0.550. The molecule has 0 saturated carbocycles. The zero-order valence-electron chi connectivity index (χ0n) is 10.2. The van der Waals surface area contributed by atoms with Gasteiger partial charge in [-0.25, -0.2) is 0 Å². The SMILES string of the molecule is CC1(C)CC(=O)C(O)=C(N2CCOCC2)C1=O. The van der Waals surface area contributed by atoms with Gasteiger partial charge < -0.3 is 14.7 Å². The Labute approximate surface area is 100 Å². The molecule has 2 rings (SSSR count). The Hall–Kier alpha value is -1.36. The quantitative estimate of drug-likeness (QED) is 0.728. The van der Waals surface area contributed by atoms with Crippen LogP contribution in [0.2, 0.25) is 0 Å². The van der Waals surface area contributed by atoms with Crippen molar-refractivity contribution in [2.45, 2.75) is 20.3 Å². The number of aliphatic hydroxyl groups is 1. The predicted molar refractivity (Wildman–Crippen MR) is 60.5 cm³/mol. The maximum Gasteiger partial charge on any atom is 0.200 e. The number of hydrogen-bond donors (Lipinski definition) is 1. The molecule has 0 atom stereocenters. The summed E-state index contributed by atoms with van der Waals surface area (Å²) in [7, 11) is 0. The second kappa shape index (κ2) is 4.14. The van der Waals surface area contributed by atoms with Crippen molar-refractivity contribution in [1.82, 2.24) is 4.90 Å². The molecule has 0 radical (unpaired) electrons. The van der Waals surface area contributed by atoms with Crippen LogP contribution in [0.3, 0.4) is 0 Å². The summed E-state index contributed by atoms with van der Waals surface area (Å²) in [5.74, 6) is -0.885. The number of nitrogens with zero attached hydrogens (tertiary/aromatic N) is 1. The second-order valence-corrected chi connectivity index (χ2v) is 5.11. The first kappa shape index (κ1) is 12.1. The first-order chi connectivity index (χ1) is 7.93. The van der Waals surface area contributed by atoms with Gasteiger partial charge in [0.2, 0.25) is 0 Å². The third-order valence-corrected chi connectivity index (χ3v) is 3.25. The van der Waals surface area contributed by atoms with Crippen LogP contribution in [-0.2, 0) is 14.3 Å². The Balaban J connectivity index is 2.37. The molecule has 0 unspecified atom stereocenters. The molecule has 0 spiro atoms. The fourth-order valence-electron chi connectivity index (χ4n) is 2.21. The summed E-state index contributed by atoms with van der Waals surface area (Å²) < 4.78 is 5.20. The minimum Gasteiger partial charge on any atom is -0.503 e. The first-order valence-electron chi connectivity index (χ1n) is 5.77. The van der Waals surface area contributed by atoms with Gasteiger partial charge in [0.15, 0.2) is 17.3 Å². The Kier molecular flexibility index (Phi) is 2.95. The van der Waals surface area contributed by atoms with E-state index in [0.717, 1.165) is 0 Å². The average molecular weight is 239 g/mol. The van der Waals surface area contributed by atoms with Crippen LogP contribution in [0, 0.1) is 5.41 Å². The van der Waals surface area contributed by atoms with Crippen molar-refractivity contribution in [3.8, 4) is 0 Å². The molecule has 1 saturated heterocycles. The average Bonchev–Trinajstić information content (AvgIpc) is 2.28. The van der Waals surface area contributed by atoms with Gasteiger partial charge in [-0.05, 0) is 0 Å². The molecule has 0 aromatic heterocycles. The van der Waals surface area contributed by atoms with E-state index in [2.05, 4.69) is 0 Å². The lowest BCUT2D eigenvalue weighted by Crippen LogP contribution is -2.46. The zero-order chi connectivity index (χ0) is 12.6. The molecule has 1 aliphatic carbocycles. The van der Waals surface area contributed by atoms with E-state index in [1.165, 1.54) is 0 Å². The molecule has 5 nitrogen and oxygen atoms in total. The Morgan fingerprint density at radius 2 is 1.82 bits per heavy atom. The summed E-state index contributed by atoms with van der Waals surface area (Å²) in [6, 6.07) is 0. The summed E-state index contributed by atoms with van der Waals surface area (Å²) in [4.78, 5) is 25.7. The summed E-state index contributed by atoms with van der Waals surface area (Å²) >= 11 is 0. The fraction of sp³-hybridized carbons (Fsp3) is 0.667. The number of aliphatic hydroxyl groups excluding tert-OH is 1. The van der Waals surface area contributed by atoms with Gasteiger partial charge in [0.1, 0.15) is 5.70 Å². The van der Waals surface area contributed by atoms with Crippen molar-refractivity contribution >= 4 is 11.6 Å². The number of allylic oxidation sites excluding steroid dienone is 2. The van der Waals surface area contributed by atoms with Crippen LogP contribution in [-0.4, -0.2) is 47.9 Å². The van der Waals surface area contributed by atoms with E-state index in [4.69, 9.17) is 4.74 Å². The van der Waals surface area contributed by atoms with Crippen LogP contribution in [0.1, 0.15) is 20.3 Å². The largest absolute Gasteiger partial charge is 0.503 e. The van der Waals surface area contributed by atoms with Crippen LogP contribution in [0.4, 0.5) is 0 Å². The minimum atomic E-state index is -0.725. The molecule has 0 amide bonds. The molecule has 5 heteroatoms. The number of ketones is 2. The third-order valence-electron chi connectivity index (χ3n) is 3.25. The maximum atomic E-state index is 12.2. The second-order valence-electron chi connectivity index (χ2n) is 5.11. The monoisotopic (exact) mass is 239 g/mol. The number of hydrogen-bond acceptors (Lipinski definition) is 5. The van der Waals surface area contributed by atoms with Crippen molar-refractivity contribution in [3.63, 3.8) is 0 Å². The summed E-state index contributed by atoms with van der Waals surface area (Å²) in [5, 5.41) is 9.82. The van der Waals surface area contributed by atoms with E-state index < -0.39 is 5.41 Å². The molecule has 2 aliphatic rings. The third kappa shape index (κ3) is 2.07. The topological polar surface area (TPSA) is 66.8 Å². The van der Waals surface area contributed by atoms with Crippen molar-refractivity contribution < 1.29 is 19.4 Å². The lowest BCUT2D eigenvalue weighted by Gasteiger charge is -2.36. The fourth-order valence-corrected chi connectivity index (χ4v) is 2.21. The van der Waals surface area contributed by atoms with Crippen molar-refractivity contribution in [2.24, 2.45) is 5.41 Å². The van der Waals surface area contributed by atoms with Crippen LogP contribution < -0.4 is 0 Å². The van der Waals surface area contributed by atoms with Crippen LogP contribution in [0.15, 0.2) is 11.5 Å². The van der Waals surface area contributed by atoms with Gasteiger partial charge in [0.05, 0.1) is 13.2 Å². The molecule has 0 aromatic rings. The number of carbonyl (C=O) groups excluding carboxylic acids is 2. The van der Waals surface area contributed by atoms with Gasteiger partial charge in [0.25, 0.3) is 0 Å². The highest BCUT2D eigenvalue weighted by atomic mass is 16.5. The van der Waals surface area contributed by atoms with Crippen LogP contribution in [0.25, 0.3) is 0 Å². The molecule has 94 valence electrons. The van der Waals surface area contributed by atoms with E-state index in [1.807, 2.05) is 0 Å². The molecule has 1 N–H and O–H groups in total. The molecule has 1 aliphatic heterocycles. The van der Waals surface area contributed by atoms with E-state index in [9.17, 15) is 14.7 Å². The lowest BCUT2D eigenvalue weighted by molar-refractivity contribution is -0.134. The number of ether oxygens (including phenoxy) is 1. The summed E-state index contributed by atoms with van der Waals surface area (Å²) in [6.07, 6.45) is 0.0749. The maximum absolute atomic E-state index is 12.2. The highest BCUT2D eigenvalue weighted by molar-refractivity contribution is 6.12. The van der Waals surface area contributed by atoms with Gasteiger partial charge in [-0.2, -0.15) is 0 Å². The van der Waals surface area contributed by atoms with E-state index in [-0.39, 0.29) is 29.4 Å². The number of morpholine rings is 1. The van der Waals surface area contributed by atoms with Gasteiger partial charge in [-0.15, -0.1) is 0 Å². The lowest BCUT2D eigenvalue weighted by atomic mass is 9.76. The van der Waals surface area contributed by atoms with Gasteiger partial charge in [-0.3, -0.25) is 9.59 Å². The Bertz CT molecular complexity index is 391. The van der Waals surface area contributed by atoms with Crippen LogP contribution >= 0.6 is 0 Å². The molecule has 1 fully saturated rings. The number of Topliss-reactive ketones (excluding diaryl/α,β-unsaturated/α-hetero) is 2. The van der Waals surface area contributed by atoms with E-state index >= 15 is 0 Å². The molecule has 1 heterocycles. The first-order valence-corrected chi connectivity index (χ1v) is 5.77. The molecular weight excluding hydrogens is 222 g/mol. The Morgan fingerprint density at radius 1 is 1.24 bits per heavy atom. The van der Waals surface area contributed by atoms with Crippen LogP contribution in [0.5, 0.6) is 0 Å².